The Bertz CT molecular complexity index is 614. The van der Waals surface area contributed by atoms with Crippen molar-refractivity contribution in [1.29, 1.82) is 0 Å². The van der Waals surface area contributed by atoms with E-state index in [4.69, 9.17) is 0 Å². The maximum atomic E-state index is 12.5. The van der Waals surface area contributed by atoms with E-state index in [1.807, 2.05) is 23.1 Å². The summed E-state index contributed by atoms with van der Waals surface area (Å²) >= 11 is 0. The third-order valence-corrected chi connectivity index (χ3v) is 4.23. The maximum absolute atomic E-state index is 12.5. The number of rotatable bonds is 2. The first kappa shape index (κ1) is 13.2. The van der Waals surface area contributed by atoms with Gasteiger partial charge in [0.25, 0.3) is 0 Å². The Labute approximate surface area is 120 Å². The molecule has 2 heteroatoms. The lowest BCUT2D eigenvalue weighted by Gasteiger charge is -2.31. The van der Waals surface area contributed by atoms with Gasteiger partial charge in [-0.2, -0.15) is 0 Å². The lowest BCUT2D eigenvalue weighted by atomic mass is 9.98. The van der Waals surface area contributed by atoms with Crippen molar-refractivity contribution in [2.24, 2.45) is 5.92 Å². The standard InChI is InChI=1S/C18H21NO/c1-14-6-5-11-19(13-14)18(20)12-16-9-4-8-15-7-2-3-10-17(15)16/h2-4,7-10,14H,5-6,11-13H2,1H3/t14-/m1/s1. The molecule has 0 unspecified atom stereocenters. The highest BCUT2D eigenvalue weighted by Crippen LogP contribution is 2.21. The normalized spacial score (nSPS) is 19.2. The lowest BCUT2D eigenvalue weighted by molar-refractivity contribution is -0.132. The largest absolute Gasteiger partial charge is 0.342 e. The lowest BCUT2D eigenvalue weighted by Crippen LogP contribution is -2.39. The molecule has 104 valence electrons. The smallest absolute Gasteiger partial charge is 0.227 e. The molecule has 1 heterocycles. The van der Waals surface area contributed by atoms with Crippen LogP contribution in [-0.4, -0.2) is 23.9 Å². The van der Waals surface area contributed by atoms with Crippen LogP contribution in [-0.2, 0) is 11.2 Å². The monoisotopic (exact) mass is 267 g/mol. The van der Waals surface area contributed by atoms with E-state index in [1.54, 1.807) is 0 Å². The summed E-state index contributed by atoms with van der Waals surface area (Å²) in [5.74, 6) is 0.910. The van der Waals surface area contributed by atoms with Crippen molar-refractivity contribution in [2.75, 3.05) is 13.1 Å². The third-order valence-electron chi connectivity index (χ3n) is 4.23. The fraction of sp³-hybridized carbons (Fsp3) is 0.389. The summed E-state index contributed by atoms with van der Waals surface area (Å²) in [4.78, 5) is 14.5. The van der Waals surface area contributed by atoms with Crippen LogP contribution in [0.2, 0.25) is 0 Å². The molecule has 0 saturated carbocycles. The molecule has 0 radical (unpaired) electrons. The first-order valence-corrected chi connectivity index (χ1v) is 7.48. The van der Waals surface area contributed by atoms with E-state index in [0.717, 1.165) is 25.1 Å². The van der Waals surface area contributed by atoms with Crippen molar-refractivity contribution >= 4 is 16.7 Å². The molecule has 0 spiro atoms. The number of carbonyl (C=O) groups excluding carboxylic acids is 1. The van der Waals surface area contributed by atoms with Crippen LogP contribution in [0.1, 0.15) is 25.3 Å². The minimum absolute atomic E-state index is 0.271. The number of benzene rings is 2. The summed E-state index contributed by atoms with van der Waals surface area (Å²) in [6.07, 6.45) is 2.91. The van der Waals surface area contributed by atoms with Gasteiger partial charge in [0.05, 0.1) is 6.42 Å². The first-order chi connectivity index (χ1) is 9.74. The van der Waals surface area contributed by atoms with Gasteiger partial charge in [0, 0.05) is 13.1 Å². The number of amides is 1. The third kappa shape index (κ3) is 2.69. The van der Waals surface area contributed by atoms with Crippen LogP contribution in [0.15, 0.2) is 42.5 Å². The van der Waals surface area contributed by atoms with E-state index >= 15 is 0 Å². The molecule has 1 atom stereocenters. The molecule has 0 bridgehead atoms. The zero-order valence-electron chi connectivity index (χ0n) is 12.0. The molecule has 0 N–H and O–H groups in total. The highest BCUT2D eigenvalue weighted by molar-refractivity contribution is 5.90. The quantitative estimate of drug-likeness (QED) is 0.813. The van der Waals surface area contributed by atoms with Crippen molar-refractivity contribution in [3.05, 3.63) is 48.0 Å². The Morgan fingerprint density at radius 3 is 2.85 bits per heavy atom. The molecule has 1 fully saturated rings. The molecule has 3 rings (SSSR count). The van der Waals surface area contributed by atoms with Gasteiger partial charge in [0.2, 0.25) is 5.91 Å². The Morgan fingerprint density at radius 1 is 1.20 bits per heavy atom. The summed E-state index contributed by atoms with van der Waals surface area (Å²) in [5.41, 5.74) is 1.14. The molecular formula is C18H21NO. The first-order valence-electron chi connectivity index (χ1n) is 7.48. The summed E-state index contributed by atoms with van der Waals surface area (Å²) in [7, 11) is 0. The van der Waals surface area contributed by atoms with Crippen molar-refractivity contribution < 1.29 is 4.79 Å². The van der Waals surface area contributed by atoms with E-state index in [9.17, 15) is 4.79 Å². The second kappa shape index (κ2) is 5.66. The predicted octanol–water partition coefficient (Wildman–Crippen LogP) is 3.64. The topological polar surface area (TPSA) is 20.3 Å². The van der Waals surface area contributed by atoms with Crippen LogP contribution in [0.3, 0.4) is 0 Å². The minimum atomic E-state index is 0.271. The SMILES string of the molecule is C[C@@H]1CCCN(C(=O)Cc2cccc3ccccc23)C1. The fourth-order valence-corrected chi connectivity index (χ4v) is 3.14. The van der Waals surface area contributed by atoms with Crippen molar-refractivity contribution in [2.45, 2.75) is 26.2 Å². The number of carbonyl (C=O) groups is 1. The highest BCUT2D eigenvalue weighted by Gasteiger charge is 2.21. The Hall–Kier alpha value is -1.83. The molecule has 1 saturated heterocycles. The van der Waals surface area contributed by atoms with Crippen molar-refractivity contribution in [3.8, 4) is 0 Å². The second-order valence-electron chi connectivity index (χ2n) is 5.90. The van der Waals surface area contributed by atoms with Gasteiger partial charge in [-0.3, -0.25) is 4.79 Å². The van der Waals surface area contributed by atoms with Crippen LogP contribution >= 0.6 is 0 Å². The van der Waals surface area contributed by atoms with E-state index < -0.39 is 0 Å². The Morgan fingerprint density at radius 2 is 2.00 bits per heavy atom. The number of fused-ring (bicyclic) bond motifs is 1. The van der Waals surface area contributed by atoms with Gasteiger partial charge in [-0.1, -0.05) is 49.4 Å². The van der Waals surface area contributed by atoms with E-state index in [1.165, 1.54) is 17.2 Å². The molecule has 0 aliphatic carbocycles. The van der Waals surface area contributed by atoms with E-state index in [-0.39, 0.29) is 5.91 Å². The molecule has 2 aromatic rings. The van der Waals surface area contributed by atoms with Gasteiger partial charge in [-0.05, 0) is 35.1 Å². The molecule has 1 amide bonds. The fourth-order valence-electron chi connectivity index (χ4n) is 3.14. The predicted molar refractivity (Wildman–Crippen MR) is 82.6 cm³/mol. The van der Waals surface area contributed by atoms with Crippen LogP contribution < -0.4 is 0 Å². The molecule has 1 aliphatic rings. The zero-order valence-corrected chi connectivity index (χ0v) is 12.0. The van der Waals surface area contributed by atoms with Crippen LogP contribution in [0.4, 0.5) is 0 Å². The van der Waals surface area contributed by atoms with Crippen molar-refractivity contribution in [3.63, 3.8) is 0 Å². The van der Waals surface area contributed by atoms with Gasteiger partial charge < -0.3 is 4.90 Å². The van der Waals surface area contributed by atoms with Gasteiger partial charge in [0.15, 0.2) is 0 Å². The summed E-state index contributed by atoms with van der Waals surface area (Å²) in [6.45, 7) is 4.08. The summed E-state index contributed by atoms with van der Waals surface area (Å²) < 4.78 is 0. The molecule has 0 aromatic heterocycles. The summed E-state index contributed by atoms with van der Waals surface area (Å²) in [6, 6.07) is 14.5. The number of nitrogens with zero attached hydrogens (tertiary/aromatic N) is 1. The number of likely N-dealkylation sites (tertiary alicyclic amines) is 1. The van der Waals surface area contributed by atoms with Crippen LogP contribution in [0.25, 0.3) is 10.8 Å². The average Bonchev–Trinajstić information content (AvgIpc) is 2.47. The summed E-state index contributed by atoms with van der Waals surface area (Å²) in [5, 5.41) is 2.42. The van der Waals surface area contributed by atoms with Crippen LogP contribution in [0.5, 0.6) is 0 Å². The van der Waals surface area contributed by atoms with Gasteiger partial charge in [-0.15, -0.1) is 0 Å². The van der Waals surface area contributed by atoms with Gasteiger partial charge in [0.1, 0.15) is 0 Å². The van der Waals surface area contributed by atoms with Gasteiger partial charge in [-0.25, -0.2) is 0 Å². The molecule has 1 aliphatic heterocycles. The average molecular weight is 267 g/mol. The molecule has 20 heavy (non-hydrogen) atoms. The molecular weight excluding hydrogens is 246 g/mol. The highest BCUT2D eigenvalue weighted by atomic mass is 16.2. The molecule has 2 aromatic carbocycles. The molecule has 2 nitrogen and oxygen atoms in total. The van der Waals surface area contributed by atoms with E-state index in [0.29, 0.717) is 12.3 Å². The van der Waals surface area contributed by atoms with Gasteiger partial charge >= 0.3 is 0 Å². The minimum Gasteiger partial charge on any atom is -0.342 e. The van der Waals surface area contributed by atoms with E-state index in [2.05, 4.69) is 31.2 Å². The second-order valence-corrected chi connectivity index (χ2v) is 5.90. The maximum Gasteiger partial charge on any atom is 0.227 e. The number of hydrogen-bond acceptors (Lipinski definition) is 1. The zero-order chi connectivity index (χ0) is 13.9. The van der Waals surface area contributed by atoms with Crippen LogP contribution in [0, 0.1) is 5.92 Å². The van der Waals surface area contributed by atoms with Crippen molar-refractivity contribution in [1.82, 2.24) is 4.90 Å². The Balaban J connectivity index is 1.80. The number of piperidine rings is 1. The number of hydrogen-bond donors (Lipinski definition) is 0. The Kier molecular flexibility index (Phi) is 3.72.